The number of hydrogen-bond donors (Lipinski definition) is 1. The summed E-state index contributed by atoms with van der Waals surface area (Å²) in [6.07, 6.45) is 5.44. The molecular weight excluding hydrogens is 286 g/mol. The molecule has 0 aliphatic carbocycles. The number of hydrogen-bond acceptors (Lipinski definition) is 5. The van der Waals surface area contributed by atoms with E-state index in [1.165, 1.54) is 12.3 Å². The molecule has 0 fully saturated rings. The molecule has 0 spiro atoms. The van der Waals surface area contributed by atoms with Crippen LogP contribution in [-0.2, 0) is 0 Å². The fourth-order valence-electron chi connectivity index (χ4n) is 1.81. The molecule has 0 radical (unpaired) electrons. The Labute approximate surface area is 122 Å². The number of nitro groups is 1. The predicted octanol–water partition coefficient (Wildman–Crippen LogP) is 3.98. The molecule has 106 valence electrons. The summed E-state index contributed by atoms with van der Waals surface area (Å²) in [4.78, 5) is 14.5. The lowest BCUT2D eigenvalue weighted by Gasteiger charge is -2.29. The zero-order valence-electron chi connectivity index (χ0n) is 11.3. The maximum atomic E-state index is 11.0. The number of aromatic nitrogens is 1. The van der Waals surface area contributed by atoms with Crippen LogP contribution < -0.4 is 5.32 Å². The van der Waals surface area contributed by atoms with Gasteiger partial charge in [0.05, 0.1) is 9.95 Å². The normalized spacial score (nSPS) is 11.4. The monoisotopic (exact) mass is 303 g/mol. The maximum Gasteiger partial charge on any atom is 0.312 e. The number of halogens is 1. The third kappa shape index (κ3) is 3.98. The number of nitrogens with one attached hydrogen (secondary N) is 1. The predicted molar refractivity (Wildman–Crippen MR) is 81.2 cm³/mol. The van der Waals surface area contributed by atoms with Gasteiger partial charge in [-0.25, -0.2) is 4.98 Å². The summed E-state index contributed by atoms with van der Waals surface area (Å²) in [6.45, 7) is 4.87. The van der Waals surface area contributed by atoms with Gasteiger partial charge in [0.1, 0.15) is 0 Å². The molecule has 0 bridgehead atoms. The summed E-state index contributed by atoms with van der Waals surface area (Å²) in [5.74, 6) is 0.273. The molecule has 7 heteroatoms. The van der Waals surface area contributed by atoms with Crippen molar-refractivity contribution in [2.24, 2.45) is 0 Å². The fraction of sp³-hybridized carbons (Fsp3) is 0.583. The Balaban J connectivity index is 2.91. The zero-order chi connectivity index (χ0) is 14.5. The summed E-state index contributed by atoms with van der Waals surface area (Å²) in [5, 5.41) is 14.3. The van der Waals surface area contributed by atoms with Crippen LogP contribution in [0.4, 0.5) is 11.5 Å². The first-order chi connectivity index (χ1) is 8.98. The average molecular weight is 304 g/mol. The van der Waals surface area contributed by atoms with Crippen molar-refractivity contribution in [3.05, 3.63) is 27.4 Å². The molecule has 0 saturated carbocycles. The van der Waals surface area contributed by atoms with Gasteiger partial charge in [-0.05, 0) is 19.1 Å². The van der Waals surface area contributed by atoms with Crippen LogP contribution in [0.25, 0.3) is 0 Å². The lowest BCUT2D eigenvalue weighted by atomic mass is 10.0. The number of rotatable bonds is 7. The van der Waals surface area contributed by atoms with Crippen LogP contribution in [0.15, 0.2) is 12.3 Å². The van der Waals surface area contributed by atoms with E-state index in [0.29, 0.717) is 6.54 Å². The van der Waals surface area contributed by atoms with Crippen molar-refractivity contribution >= 4 is 34.9 Å². The van der Waals surface area contributed by atoms with E-state index in [-0.39, 0.29) is 21.3 Å². The van der Waals surface area contributed by atoms with Gasteiger partial charge in [0.2, 0.25) is 5.82 Å². The number of anilines is 1. The molecular formula is C12H18ClN3O2S. The van der Waals surface area contributed by atoms with Crippen molar-refractivity contribution in [3.8, 4) is 0 Å². The van der Waals surface area contributed by atoms with Gasteiger partial charge >= 0.3 is 5.69 Å². The van der Waals surface area contributed by atoms with Gasteiger partial charge in [0.15, 0.2) is 0 Å². The van der Waals surface area contributed by atoms with Gasteiger partial charge in [-0.2, -0.15) is 11.8 Å². The van der Waals surface area contributed by atoms with Crippen LogP contribution in [0, 0.1) is 10.1 Å². The van der Waals surface area contributed by atoms with E-state index in [4.69, 9.17) is 11.6 Å². The molecule has 0 unspecified atom stereocenters. The summed E-state index contributed by atoms with van der Waals surface area (Å²) >= 11 is 7.50. The average Bonchev–Trinajstić information content (AvgIpc) is 2.42. The van der Waals surface area contributed by atoms with Gasteiger partial charge in [-0.1, -0.05) is 25.4 Å². The SMILES string of the molecule is CCC(CC)(CNc1ncc(Cl)cc1[N+](=O)[O-])SC. The van der Waals surface area contributed by atoms with Crippen molar-refractivity contribution in [1.82, 2.24) is 4.98 Å². The Hall–Kier alpha value is -1.01. The first kappa shape index (κ1) is 16.0. The molecule has 1 aromatic rings. The molecule has 1 heterocycles. The Morgan fingerprint density at radius 1 is 1.53 bits per heavy atom. The first-order valence-electron chi connectivity index (χ1n) is 6.07. The van der Waals surface area contributed by atoms with Crippen molar-refractivity contribution in [3.63, 3.8) is 0 Å². The van der Waals surface area contributed by atoms with E-state index >= 15 is 0 Å². The maximum absolute atomic E-state index is 11.0. The van der Waals surface area contributed by atoms with Gasteiger partial charge in [-0.15, -0.1) is 0 Å². The van der Waals surface area contributed by atoms with E-state index in [0.717, 1.165) is 12.8 Å². The fourth-order valence-corrected chi connectivity index (χ4v) is 2.76. The Morgan fingerprint density at radius 3 is 2.63 bits per heavy atom. The third-order valence-corrected chi connectivity index (χ3v) is 5.13. The van der Waals surface area contributed by atoms with E-state index in [2.05, 4.69) is 30.4 Å². The number of thioether (sulfide) groups is 1. The van der Waals surface area contributed by atoms with Crippen LogP contribution in [0.5, 0.6) is 0 Å². The van der Waals surface area contributed by atoms with Crippen molar-refractivity contribution in [1.29, 1.82) is 0 Å². The molecule has 0 amide bonds. The standard InChI is InChI=1S/C12H18ClN3O2S/c1-4-12(5-2,19-3)8-15-11-10(16(17)18)6-9(13)7-14-11/h6-7H,4-5,8H2,1-3H3,(H,14,15). The molecule has 0 aliphatic rings. The van der Waals surface area contributed by atoms with E-state index in [1.54, 1.807) is 11.8 Å². The van der Waals surface area contributed by atoms with Crippen LogP contribution >= 0.6 is 23.4 Å². The molecule has 19 heavy (non-hydrogen) atoms. The van der Waals surface area contributed by atoms with Crippen LogP contribution in [0.2, 0.25) is 5.02 Å². The second-order valence-corrected chi connectivity index (χ2v) is 5.94. The molecule has 0 aliphatic heterocycles. The summed E-state index contributed by atoms with van der Waals surface area (Å²) < 4.78 is 0.0647. The van der Waals surface area contributed by atoms with E-state index < -0.39 is 4.92 Å². The van der Waals surface area contributed by atoms with Gasteiger partial charge in [-0.3, -0.25) is 10.1 Å². The summed E-state index contributed by atoms with van der Waals surface area (Å²) in [6, 6.07) is 1.32. The van der Waals surface area contributed by atoms with E-state index in [9.17, 15) is 10.1 Å². The minimum absolute atomic E-state index is 0.0647. The van der Waals surface area contributed by atoms with Gasteiger partial charge < -0.3 is 5.32 Å². The van der Waals surface area contributed by atoms with E-state index in [1.807, 2.05) is 0 Å². The molecule has 1 N–H and O–H groups in total. The van der Waals surface area contributed by atoms with Crippen molar-refractivity contribution < 1.29 is 4.92 Å². The second-order valence-electron chi connectivity index (χ2n) is 4.23. The van der Waals surface area contributed by atoms with Crippen molar-refractivity contribution in [2.45, 2.75) is 31.4 Å². The molecule has 5 nitrogen and oxygen atoms in total. The second kappa shape index (κ2) is 6.96. The highest BCUT2D eigenvalue weighted by Crippen LogP contribution is 2.32. The third-order valence-electron chi connectivity index (χ3n) is 3.33. The zero-order valence-corrected chi connectivity index (χ0v) is 12.8. The summed E-state index contributed by atoms with van der Waals surface area (Å²) in [5.41, 5.74) is -0.0882. The Bertz CT molecular complexity index is 444. The number of pyridine rings is 1. The van der Waals surface area contributed by atoms with Gasteiger partial charge in [0, 0.05) is 23.6 Å². The molecule has 1 aromatic heterocycles. The highest BCUT2D eigenvalue weighted by atomic mass is 35.5. The molecule has 0 saturated heterocycles. The molecule has 0 aromatic carbocycles. The molecule has 0 atom stereocenters. The van der Waals surface area contributed by atoms with Crippen LogP contribution in [-0.4, -0.2) is 27.5 Å². The topological polar surface area (TPSA) is 68.1 Å². The van der Waals surface area contributed by atoms with Crippen LogP contribution in [0.1, 0.15) is 26.7 Å². The Morgan fingerprint density at radius 2 is 2.16 bits per heavy atom. The van der Waals surface area contributed by atoms with Crippen LogP contribution in [0.3, 0.4) is 0 Å². The minimum atomic E-state index is -0.472. The highest BCUT2D eigenvalue weighted by Gasteiger charge is 2.26. The quantitative estimate of drug-likeness (QED) is 0.609. The highest BCUT2D eigenvalue weighted by molar-refractivity contribution is 8.00. The van der Waals surface area contributed by atoms with Crippen molar-refractivity contribution in [2.75, 3.05) is 18.1 Å². The first-order valence-corrected chi connectivity index (χ1v) is 7.67. The van der Waals surface area contributed by atoms with Gasteiger partial charge in [0.25, 0.3) is 0 Å². The molecule has 1 rings (SSSR count). The smallest absolute Gasteiger partial charge is 0.312 e. The number of nitrogens with zero attached hydrogens (tertiary/aromatic N) is 2. The minimum Gasteiger partial charge on any atom is -0.363 e. The Kier molecular flexibility index (Phi) is 5.87. The largest absolute Gasteiger partial charge is 0.363 e. The summed E-state index contributed by atoms with van der Waals surface area (Å²) in [7, 11) is 0. The lowest BCUT2D eigenvalue weighted by molar-refractivity contribution is -0.384. The lowest BCUT2D eigenvalue weighted by Crippen LogP contribution is -2.32.